The van der Waals surface area contributed by atoms with E-state index in [0.717, 1.165) is 25.3 Å². The van der Waals surface area contributed by atoms with E-state index in [-0.39, 0.29) is 5.72 Å². The number of hydrogen-bond donors (Lipinski definition) is 0. The maximum atomic E-state index is 5.64. The molecule has 0 unspecified atom stereocenters. The smallest absolute Gasteiger partial charge is 0.124 e. The van der Waals surface area contributed by atoms with Crippen LogP contribution in [-0.4, -0.2) is 28.9 Å². The van der Waals surface area contributed by atoms with Crippen molar-refractivity contribution in [1.82, 2.24) is 4.31 Å². The summed E-state index contributed by atoms with van der Waals surface area (Å²) in [4.78, 5) is 0. The van der Waals surface area contributed by atoms with E-state index in [2.05, 4.69) is 25.1 Å². The molecule has 1 heterocycles. The second-order valence-corrected chi connectivity index (χ2v) is 4.44. The Balaban J connectivity index is 2.45. The van der Waals surface area contributed by atoms with Crippen molar-refractivity contribution in [3.63, 3.8) is 0 Å². The highest BCUT2D eigenvalue weighted by Gasteiger charge is 2.30. The summed E-state index contributed by atoms with van der Waals surface area (Å²) in [6.45, 7) is 8.51. The highest BCUT2D eigenvalue weighted by Crippen LogP contribution is 2.28. The SMILES string of the molecule is CCSN1CCCOC1(C)C. The zero-order chi connectivity index (χ0) is 8.32. The Labute approximate surface area is 73.4 Å². The molecule has 0 aromatic heterocycles. The summed E-state index contributed by atoms with van der Waals surface area (Å²) >= 11 is 1.87. The molecule has 1 aliphatic rings. The van der Waals surface area contributed by atoms with Gasteiger partial charge in [0.15, 0.2) is 0 Å². The van der Waals surface area contributed by atoms with Crippen LogP contribution in [0.2, 0.25) is 0 Å². The van der Waals surface area contributed by atoms with Crippen LogP contribution in [0.15, 0.2) is 0 Å². The van der Waals surface area contributed by atoms with Crippen LogP contribution in [0.4, 0.5) is 0 Å². The molecule has 0 atom stereocenters. The van der Waals surface area contributed by atoms with E-state index in [1.807, 2.05) is 11.9 Å². The minimum atomic E-state index is -0.0566. The predicted octanol–water partition coefficient (Wildman–Crippen LogP) is 2.11. The summed E-state index contributed by atoms with van der Waals surface area (Å²) in [7, 11) is 0. The topological polar surface area (TPSA) is 12.5 Å². The van der Waals surface area contributed by atoms with Crippen LogP contribution in [0.1, 0.15) is 27.2 Å². The molecular weight excluding hydrogens is 158 g/mol. The molecule has 0 aliphatic carbocycles. The van der Waals surface area contributed by atoms with Crippen molar-refractivity contribution in [2.75, 3.05) is 18.9 Å². The Morgan fingerprint density at radius 1 is 1.55 bits per heavy atom. The number of nitrogens with zero attached hydrogens (tertiary/aromatic N) is 1. The molecule has 0 aromatic rings. The quantitative estimate of drug-likeness (QED) is 0.596. The van der Waals surface area contributed by atoms with Crippen LogP contribution in [0.25, 0.3) is 0 Å². The highest BCUT2D eigenvalue weighted by molar-refractivity contribution is 7.97. The zero-order valence-electron chi connectivity index (χ0n) is 7.59. The van der Waals surface area contributed by atoms with Crippen molar-refractivity contribution < 1.29 is 4.74 Å². The van der Waals surface area contributed by atoms with Crippen LogP contribution in [0, 0.1) is 0 Å². The van der Waals surface area contributed by atoms with Gasteiger partial charge in [0, 0.05) is 12.3 Å². The van der Waals surface area contributed by atoms with Crippen molar-refractivity contribution in [3.8, 4) is 0 Å². The van der Waals surface area contributed by atoms with Gasteiger partial charge in [-0.3, -0.25) is 0 Å². The summed E-state index contributed by atoms with van der Waals surface area (Å²) < 4.78 is 7.97. The summed E-state index contributed by atoms with van der Waals surface area (Å²) in [6, 6.07) is 0. The van der Waals surface area contributed by atoms with E-state index in [1.54, 1.807) is 0 Å². The molecule has 0 amide bonds. The minimum Gasteiger partial charge on any atom is -0.360 e. The van der Waals surface area contributed by atoms with Crippen molar-refractivity contribution in [3.05, 3.63) is 0 Å². The summed E-state index contributed by atoms with van der Waals surface area (Å²) in [5.41, 5.74) is -0.0566. The second-order valence-electron chi connectivity index (χ2n) is 3.17. The fourth-order valence-electron chi connectivity index (χ4n) is 1.25. The summed E-state index contributed by atoms with van der Waals surface area (Å²) in [5, 5.41) is 0. The average molecular weight is 175 g/mol. The van der Waals surface area contributed by atoms with E-state index >= 15 is 0 Å². The molecule has 11 heavy (non-hydrogen) atoms. The third-order valence-corrected chi connectivity index (χ3v) is 3.04. The van der Waals surface area contributed by atoms with Crippen molar-refractivity contribution in [1.29, 1.82) is 0 Å². The van der Waals surface area contributed by atoms with Crippen LogP contribution in [0.5, 0.6) is 0 Å². The lowest BCUT2D eigenvalue weighted by atomic mass is 10.2. The molecule has 0 aromatic carbocycles. The molecular formula is C8H17NOS. The molecule has 1 fully saturated rings. The third-order valence-electron chi connectivity index (χ3n) is 1.85. The van der Waals surface area contributed by atoms with Gasteiger partial charge in [-0.25, -0.2) is 4.31 Å². The number of ether oxygens (including phenoxy) is 1. The van der Waals surface area contributed by atoms with Gasteiger partial charge >= 0.3 is 0 Å². The first-order valence-electron chi connectivity index (χ1n) is 4.21. The molecule has 0 N–H and O–H groups in total. The van der Waals surface area contributed by atoms with Crippen molar-refractivity contribution in [2.45, 2.75) is 32.9 Å². The van der Waals surface area contributed by atoms with Gasteiger partial charge in [-0.2, -0.15) is 0 Å². The first-order valence-corrected chi connectivity index (χ1v) is 5.15. The molecule has 0 radical (unpaired) electrons. The largest absolute Gasteiger partial charge is 0.360 e. The molecule has 1 rings (SSSR count). The predicted molar refractivity (Wildman–Crippen MR) is 49.5 cm³/mol. The van der Waals surface area contributed by atoms with Crippen molar-refractivity contribution >= 4 is 11.9 Å². The number of rotatable bonds is 2. The maximum Gasteiger partial charge on any atom is 0.124 e. The molecule has 0 saturated carbocycles. The Kier molecular flexibility index (Phi) is 3.22. The standard InChI is InChI=1S/C8H17NOS/c1-4-11-9-6-5-7-10-8(9,2)3/h4-7H2,1-3H3. The van der Waals surface area contributed by atoms with Gasteiger partial charge in [0.05, 0.1) is 6.61 Å². The molecule has 1 saturated heterocycles. The van der Waals surface area contributed by atoms with Crippen molar-refractivity contribution in [2.24, 2.45) is 0 Å². The molecule has 3 heteroatoms. The van der Waals surface area contributed by atoms with E-state index < -0.39 is 0 Å². The van der Waals surface area contributed by atoms with E-state index in [4.69, 9.17) is 4.74 Å². The number of hydrogen-bond acceptors (Lipinski definition) is 3. The molecule has 2 nitrogen and oxygen atoms in total. The summed E-state index contributed by atoms with van der Waals surface area (Å²) in [6.07, 6.45) is 1.16. The lowest BCUT2D eigenvalue weighted by Crippen LogP contribution is -2.46. The highest BCUT2D eigenvalue weighted by atomic mass is 32.2. The molecule has 66 valence electrons. The van der Waals surface area contributed by atoms with E-state index in [9.17, 15) is 0 Å². The summed E-state index contributed by atoms with van der Waals surface area (Å²) in [5.74, 6) is 1.13. The second kappa shape index (κ2) is 3.78. The fraction of sp³-hybridized carbons (Fsp3) is 1.00. The first-order chi connectivity index (χ1) is 5.17. The van der Waals surface area contributed by atoms with Gasteiger partial charge in [0.25, 0.3) is 0 Å². The Bertz CT molecular complexity index is 125. The Morgan fingerprint density at radius 3 is 2.82 bits per heavy atom. The molecule has 0 bridgehead atoms. The van der Waals surface area contributed by atoms with Gasteiger partial charge in [-0.05, 0) is 20.3 Å². The maximum absolute atomic E-state index is 5.64. The third kappa shape index (κ3) is 2.36. The Hall–Kier alpha value is 0.270. The van der Waals surface area contributed by atoms with Gasteiger partial charge in [0.1, 0.15) is 5.72 Å². The van der Waals surface area contributed by atoms with E-state index in [1.165, 1.54) is 0 Å². The lowest BCUT2D eigenvalue weighted by Gasteiger charge is -2.40. The van der Waals surface area contributed by atoms with Gasteiger partial charge in [0.2, 0.25) is 0 Å². The van der Waals surface area contributed by atoms with Gasteiger partial charge in [-0.1, -0.05) is 18.9 Å². The molecule has 1 aliphatic heterocycles. The lowest BCUT2D eigenvalue weighted by molar-refractivity contribution is -0.118. The van der Waals surface area contributed by atoms with Crippen LogP contribution < -0.4 is 0 Å². The molecule has 0 spiro atoms. The Morgan fingerprint density at radius 2 is 2.27 bits per heavy atom. The monoisotopic (exact) mass is 175 g/mol. The van der Waals surface area contributed by atoms with Crippen LogP contribution in [0.3, 0.4) is 0 Å². The first kappa shape index (κ1) is 9.36. The van der Waals surface area contributed by atoms with Gasteiger partial charge < -0.3 is 4.74 Å². The normalized spacial score (nSPS) is 25.4. The fourth-order valence-corrected chi connectivity index (χ4v) is 2.18. The van der Waals surface area contributed by atoms with E-state index in [0.29, 0.717) is 0 Å². The van der Waals surface area contributed by atoms with Crippen LogP contribution in [-0.2, 0) is 4.74 Å². The average Bonchev–Trinajstić information content (AvgIpc) is 1.94. The van der Waals surface area contributed by atoms with Gasteiger partial charge in [-0.15, -0.1) is 0 Å². The zero-order valence-corrected chi connectivity index (χ0v) is 8.41. The van der Waals surface area contributed by atoms with Crippen LogP contribution >= 0.6 is 11.9 Å². The minimum absolute atomic E-state index is 0.0566.